The summed E-state index contributed by atoms with van der Waals surface area (Å²) in [6.07, 6.45) is 9.95. The minimum Gasteiger partial charge on any atom is -0.371 e. The fraction of sp³-hybridized carbons (Fsp3) is 0.355. The molecule has 3 rings (SSSR count). The number of nitrogens with two attached hydrogens (primary N) is 1. The van der Waals surface area contributed by atoms with Crippen LogP contribution in [0.4, 0.5) is 0 Å². The summed E-state index contributed by atoms with van der Waals surface area (Å²) in [5, 5.41) is 4.19. The van der Waals surface area contributed by atoms with Crippen molar-refractivity contribution in [2.24, 2.45) is 11.1 Å². The van der Waals surface area contributed by atoms with Gasteiger partial charge in [-0.25, -0.2) is 0 Å². The van der Waals surface area contributed by atoms with E-state index in [9.17, 15) is 0 Å². The maximum absolute atomic E-state index is 4.54. The molecule has 182 valence electrons. The van der Waals surface area contributed by atoms with Gasteiger partial charge in [-0.1, -0.05) is 92.7 Å². The summed E-state index contributed by atoms with van der Waals surface area (Å²) in [7, 11) is 0. The first-order valence-corrected chi connectivity index (χ1v) is 12.9. The van der Waals surface area contributed by atoms with Crippen LogP contribution in [0.15, 0.2) is 96.8 Å². The summed E-state index contributed by atoms with van der Waals surface area (Å²) >= 11 is 3.03. The highest BCUT2D eigenvalue weighted by atomic mass is 32.1. The van der Waals surface area contributed by atoms with E-state index in [1.165, 1.54) is 51.9 Å². The molecule has 1 atom stereocenters. The van der Waals surface area contributed by atoms with Crippen LogP contribution in [0.2, 0.25) is 0 Å². The van der Waals surface area contributed by atoms with Crippen LogP contribution in [0.1, 0.15) is 56.2 Å². The highest BCUT2D eigenvalue weighted by molar-refractivity contribution is 7.77. The Balaban J connectivity index is 0.00000199. The predicted octanol–water partition coefficient (Wildman–Crippen LogP) is 7.94. The third-order valence-corrected chi connectivity index (χ3v) is 6.69. The first-order chi connectivity index (χ1) is 16.6. The summed E-state index contributed by atoms with van der Waals surface area (Å²) in [6, 6.07) is 19.7. The van der Waals surface area contributed by atoms with Gasteiger partial charge in [-0.2, -0.15) is 0 Å². The third kappa shape index (κ3) is 7.51. The van der Waals surface area contributed by atoms with Crippen LogP contribution in [0.3, 0.4) is 0 Å². The highest BCUT2D eigenvalue weighted by Crippen LogP contribution is 2.39. The lowest BCUT2D eigenvalue weighted by Gasteiger charge is -2.39. The van der Waals surface area contributed by atoms with Crippen molar-refractivity contribution in [2.75, 3.05) is 13.1 Å². The van der Waals surface area contributed by atoms with Gasteiger partial charge in [-0.05, 0) is 73.5 Å². The molecule has 0 saturated heterocycles. The van der Waals surface area contributed by atoms with Gasteiger partial charge in [0, 0.05) is 24.7 Å². The maximum atomic E-state index is 4.54. The molecule has 0 spiro atoms. The van der Waals surface area contributed by atoms with E-state index in [2.05, 4.69) is 124 Å². The molecule has 0 radical (unpaired) electrons. The molecule has 0 fully saturated rings. The number of hydrogen-bond donors (Lipinski definition) is 2. The highest BCUT2D eigenvalue weighted by Gasteiger charge is 2.28. The van der Waals surface area contributed by atoms with E-state index < -0.39 is 0 Å². The van der Waals surface area contributed by atoms with Gasteiger partial charge >= 0.3 is 0 Å². The molecule has 2 aromatic rings. The quantitative estimate of drug-likeness (QED) is 0.342. The SMILES string of the molecule is C=CC1=C(/C(=C\C)CCc2ccc(C)cc2)CC(C(=C)c2ccccc2)CN1CCCC.NS. The zero-order valence-electron chi connectivity index (χ0n) is 21.3. The van der Waals surface area contributed by atoms with Crippen LogP contribution in [0.5, 0.6) is 0 Å². The minimum atomic E-state index is 0.419. The number of nitrogens with zero attached hydrogens (tertiary/aromatic N) is 1. The van der Waals surface area contributed by atoms with Gasteiger partial charge in [0.15, 0.2) is 0 Å². The van der Waals surface area contributed by atoms with Gasteiger partial charge in [0.05, 0.1) is 0 Å². The number of allylic oxidation sites excluding steroid dienone is 4. The van der Waals surface area contributed by atoms with Gasteiger partial charge in [0.25, 0.3) is 0 Å². The summed E-state index contributed by atoms with van der Waals surface area (Å²) in [5.41, 5.74) is 9.47. The van der Waals surface area contributed by atoms with Gasteiger partial charge < -0.3 is 4.90 Å². The fourth-order valence-electron chi connectivity index (χ4n) is 4.70. The maximum Gasteiger partial charge on any atom is 0.0395 e. The summed E-state index contributed by atoms with van der Waals surface area (Å²) in [6.45, 7) is 17.5. The second-order valence-corrected chi connectivity index (χ2v) is 8.96. The Hall–Kier alpha value is -2.49. The average molecular weight is 475 g/mol. The first-order valence-electron chi connectivity index (χ1n) is 12.4. The molecule has 0 amide bonds. The van der Waals surface area contributed by atoms with E-state index in [-0.39, 0.29) is 0 Å². The Bertz CT molecular complexity index is 970. The topological polar surface area (TPSA) is 29.3 Å². The number of thiol groups is 1. The lowest BCUT2D eigenvalue weighted by Crippen LogP contribution is -2.35. The van der Waals surface area contributed by atoms with Crippen LogP contribution in [-0.2, 0) is 6.42 Å². The van der Waals surface area contributed by atoms with E-state index in [0.717, 1.165) is 32.4 Å². The van der Waals surface area contributed by atoms with E-state index >= 15 is 0 Å². The molecule has 3 heteroatoms. The van der Waals surface area contributed by atoms with Gasteiger partial charge in [-0.3, -0.25) is 5.14 Å². The monoisotopic (exact) mass is 474 g/mol. The predicted molar refractivity (Wildman–Crippen MR) is 154 cm³/mol. The smallest absolute Gasteiger partial charge is 0.0395 e. The van der Waals surface area contributed by atoms with Crippen molar-refractivity contribution in [3.63, 3.8) is 0 Å². The Morgan fingerprint density at radius 1 is 1.12 bits per heavy atom. The van der Waals surface area contributed by atoms with Gasteiger partial charge in [-0.15, -0.1) is 12.8 Å². The molecule has 2 aromatic carbocycles. The fourth-order valence-corrected chi connectivity index (χ4v) is 4.70. The normalized spacial score (nSPS) is 16.1. The van der Waals surface area contributed by atoms with Crippen molar-refractivity contribution >= 4 is 18.4 Å². The lowest BCUT2D eigenvalue weighted by atomic mass is 9.80. The lowest BCUT2D eigenvalue weighted by molar-refractivity contribution is 0.292. The van der Waals surface area contributed by atoms with Crippen molar-refractivity contribution in [3.05, 3.63) is 113 Å². The Morgan fingerprint density at radius 3 is 2.38 bits per heavy atom. The molecule has 0 aliphatic carbocycles. The van der Waals surface area contributed by atoms with Crippen molar-refractivity contribution in [3.8, 4) is 0 Å². The van der Waals surface area contributed by atoms with Gasteiger partial charge in [0.2, 0.25) is 0 Å². The number of unbranched alkanes of at least 4 members (excludes halogenated alkanes) is 1. The average Bonchev–Trinajstić information content (AvgIpc) is 2.89. The van der Waals surface area contributed by atoms with Crippen molar-refractivity contribution in [1.29, 1.82) is 0 Å². The molecule has 1 aliphatic rings. The Morgan fingerprint density at radius 2 is 1.79 bits per heavy atom. The van der Waals surface area contributed by atoms with Gasteiger partial charge in [0.1, 0.15) is 0 Å². The van der Waals surface area contributed by atoms with Crippen molar-refractivity contribution in [2.45, 2.75) is 52.9 Å². The zero-order valence-corrected chi connectivity index (χ0v) is 22.2. The molecule has 34 heavy (non-hydrogen) atoms. The molecule has 1 aliphatic heterocycles. The molecule has 1 unspecified atom stereocenters. The largest absolute Gasteiger partial charge is 0.371 e. The van der Waals surface area contributed by atoms with Crippen molar-refractivity contribution in [1.82, 2.24) is 4.90 Å². The van der Waals surface area contributed by atoms with E-state index in [1.54, 1.807) is 0 Å². The minimum absolute atomic E-state index is 0.419. The second-order valence-electron chi connectivity index (χ2n) is 8.96. The first kappa shape index (κ1) is 27.8. The third-order valence-electron chi connectivity index (χ3n) is 6.69. The van der Waals surface area contributed by atoms with Crippen LogP contribution < -0.4 is 5.14 Å². The summed E-state index contributed by atoms with van der Waals surface area (Å²) in [5.74, 6) is 0.419. The molecule has 2 nitrogen and oxygen atoms in total. The van der Waals surface area contributed by atoms with E-state index in [4.69, 9.17) is 0 Å². The van der Waals surface area contributed by atoms with Crippen LogP contribution >= 0.6 is 12.8 Å². The number of rotatable bonds is 10. The molecule has 1 heterocycles. The summed E-state index contributed by atoms with van der Waals surface area (Å²) < 4.78 is 0. The van der Waals surface area contributed by atoms with E-state index in [1.807, 2.05) is 0 Å². The molecule has 0 bridgehead atoms. The number of aryl methyl sites for hydroxylation is 2. The van der Waals surface area contributed by atoms with E-state index in [0.29, 0.717) is 5.92 Å². The molecule has 2 N–H and O–H groups in total. The van der Waals surface area contributed by atoms with Crippen molar-refractivity contribution < 1.29 is 0 Å². The number of hydrogen-bond acceptors (Lipinski definition) is 3. The standard InChI is InChI=1S/C31H39N.H3NS/c1-6-9-21-32-23-29(25(5)28-13-11-10-12-14-28)22-30(31(32)8-3)27(7-2)20-19-26-17-15-24(4)16-18-26;1-2/h7-8,10-18,29H,3,5-6,9,19-23H2,1-2,4H3;2H,1H2/b27-7-;. The second kappa shape index (κ2) is 14.7. The Labute approximate surface area is 213 Å². The van der Waals surface area contributed by atoms with Crippen LogP contribution in [-0.4, -0.2) is 18.0 Å². The van der Waals surface area contributed by atoms with Crippen LogP contribution in [0.25, 0.3) is 5.57 Å². The summed E-state index contributed by atoms with van der Waals surface area (Å²) in [4.78, 5) is 2.56. The molecular weight excluding hydrogens is 432 g/mol. The number of benzene rings is 2. The van der Waals surface area contributed by atoms with Crippen LogP contribution in [0, 0.1) is 12.8 Å². The Kier molecular flexibility index (Phi) is 12.0. The molecular formula is C31H42N2S. The molecule has 0 saturated carbocycles. The molecule has 0 aromatic heterocycles. The zero-order chi connectivity index (χ0) is 24.9.